The zero-order chi connectivity index (χ0) is 15.0. The second kappa shape index (κ2) is 8.97. The van der Waals surface area contributed by atoms with Crippen molar-refractivity contribution >= 4 is 21.8 Å². The highest BCUT2D eigenvalue weighted by Crippen LogP contribution is 2.16. The molecule has 0 aliphatic carbocycles. The summed E-state index contributed by atoms with van der Waals surface area (Å²) in [5, 5.41) is 0. The molecule has 1 aliphatic rings. The number of carbonyl (C=O) groups excluding carboxylic acids is 1. The fourth-order valence-corrected chi connectivity index (χ4v) is 2.09. The van der Waals surface area contributed by atoms with Crippen molar-refractivity contribution in [1.29, 1.82) is 0 Å². The third-order valence-electron chi connectivity index (χ3n) is 3.03. The second-order valence-corrected chi connectivity index (χ2v) is 5.34. The molecule has 1 aromatic rings. The second-order valence-electron chi connectivity index (χ2n) is 4.43. The molecule has 0 radical (unpaired) electrons. The summed E-state index contributed by atoms with van der Waals surface area (Å²) in [5.41, 5.74) is 0. The molecule has 0 saturated carbocycles. The number of piperazine rings is 1. The highest BCUT2D eigenvalue weighted by molar-refractivity contribution is 9.10. The maximum Gasteiger partial charge on any atom is 0.260 e. The number of amides is 1. The first-order valence-corrected chi connectivity index (χ1v) is 7.79. The predicted octanol–water partition coefficient (Wildman–Crippen LogP) is 2.63. The summed E-state index contributed by atoms with van der Waals surface area (Å²) in [6, 6.07) is 7.49. The topological polar surface area (TPSA) is 32.8 Å². The number of benzene rings is 1. The van der Waals surface area contributed by atoms with Crippen molar-refractivity contribution in [2.75, 3.05) is 39.8 Å². The normalized spacial score (nSPS) is 15.3. The largest absolute Gasteiger partial charge is 0.484 e. The van der Waals surface area contributed by atoms with E-state index in [1.165, 1.54) is 0 Å². The highest BCUT2D eigenvalue weighted by atomic mass is 79.9. The summed E-state index contributed by atoms with van der Waals surface area (Å²) < 4.78 is 6.48. The number of hydrogen-bond acceptors (Lipinski definition) is 3. The van der Waals surface area contributed by atoms with Gasteiger partial charge in [0.05, 0.1) is 0 Å². The standard InChI is InChI=1S/C13H17BrN2O2.C2H6/c1-15-6-8-16(9-7-15)13(17)10-18-12-4-2-11(14)3-5-12;1-2/h2-5H,6-10H2,1H3;1-2H3. The molecule has 1 aromatic carbocycles. The molecule has 0 N–H and O–H groups in total. The van der Waals surface area contributed by atoms with Gasteiger partial charge in [0.15, 0.2) is 6.61 Å². The van der Waals surface area contributed by atoms with Crippen LogP contribution in [0.4, 0.5) is 0 Å². The van der Waals surface area contributed by atoms with Gasteiger partial charge in [-0.05, 0) is 31.3 Å². The minimum Gasteiger partial charge on any atom is -0.484 e. The van der Waals surface area contributed by atoms with Crippen molar-refractivity contribution in [3.8, 4) is 5.75 Å². The quantitative estimate of drug-likeness (QED) is 0.846. The van der Waals surface area contributed by atoms with Gasteiger partial charge in [-0.3, -0.25) is 4.79 Å². The maximum absolute atomic E-state index is 11.9. The molecule has 1 amide bonds. The van der Waals surface area contributed by atoms with Gasteiger partial charge in [-0.1, -0.05) is 29.8 Å². The molecule has 0 aromatic heterocycles. The van der Waals surface area contributed by atoms with Gasteiger partial charge in [0.1, 0.15) is 5.75 Å². The number of likely N-dealkylation sites (N-methyl/N-ethyl adjacent to an activating group) is 1. The van der Waals surface area contributed by atoms with Crippen molar-refractivity contribution in [3.63, 3.8) is 0 Å². The Morgan fingerprint density at radius 1 is 1.15 bits per heavy atom. The summed E-state index contributed by atoms with van der Waals surface area (Å²) in [4.78, 5) is 16.0. The lowest BCUT2D eigenvalue weighted by molar-refractivity contribution is -0.134. The Morgan fingerprint density at radius 2 is 1.70 bits per heavy atom. The highest BCUT2D eigenvalue weighted by Gasteiger charge is 2.19. The summed E-state index contributed by atoms with van der Waals surface area (Å²) in [6.07, 6.45) is 0. The maximum atomic E-state index is 11.9. The first-order valence-electron chi connectivity index (χ1n) is 7.00. The SMILES string of the molecule is CC.CN1CCN(C(=O)COc2ccc(Br)cc2)CC1. The van der Waals surface area contributed by atoms with E-state index in [0.717, 1.165) is 36.4 Å². The molecule has 1 aliphatic heterocycles. The van der Waals surface area contributed by atoms with Crippen molar-refractivity contribution in [1.82, 2.24) is 9.80 Å². The lowest BCUT2D eigenvalue weighted by atomic mass is 10.3. The van der Waals surface area contributed by atoms with Crippen molar-refractivity contribution < 1.29 is 9.53 Å². The van der Waals surface area contributed by atoms with Gasteiger partial charge < -0.3 is 14.5 Å². The van der Waals surface area contributed by atoms with E-state index in [1.54, 1.807) is 0 Å². The van der Waals surface area contributed by atoms with Crippen LogP contribution in [-0.2, 0) is 4.79 Å². The zero-order valence-corrected chi connectivity index (χ0v) is 14.0. The van der Waals surface area contributed by atoms with E-state index in [-0.39, 0.29) is 12.5 Å². The van der Waals surface area contributed by atoms with Gasteiger partial charge in [0, 0.05) is 30.7 Å². The average Bonchev–Trinajstić information content (AvgIpc) is 2.49. The van der Waals surface area contributed by atoms with Crippen LogP contribution in [0.25, 0.3) is 0 Å². The smallest absolute Gasteiger partial charge is 0.260 e. The Morgan fingerprint density at radius 3 is 2.25 bits per heavy atom. The van der Waals surface area contributed by atoms with Crippen LogP contribution >= 0.6 is 15.9 Å². The van der Waals surface area contributed by atoms with E-state index in [0.29, 0.717) is 0 Å². The number of halogens is 1. The van der Waals surface area contributed by atoms with E-state index in [1.807, 2.05) is 43.0 Å². The first-order chi connectivity index (χ1) is 9.65. The molecule has 1 saturated heterocycles. The van der Waals surface area contributed by atoms with Gasteiger partial charge in [0.2, 0.25) is 0 Å². The first kappa shape index (κ1) is 17.0. The molecule has 5 heteroatoms. The molecular formula is C15H23BrN2O2. The van der Waals surface area contributed by atoms with E-state index in [9.17, 15) is 4.79 Å². The van der Waals surface area contributed by atoms with Crippen LogP contribution in [0.5, 0.6) is 5.75 Å². The van der Waals surface area contributed by atoms with Crippen LogP contribution in [0.1, 0.15) is 13.8 Å². The Hall–Kier alpha value is -1.07. The van der Waals surface area contributed by atoms with E-state index < -0.39 is 0 Å². The molecule has 1 fully saturated rings. The van der Waals surface area contributed by atoms with E-state index >= 15 is 0 Å². The van der Waals surface area contributed by atoms with E-state index in [4.69, 9.17) is 4.74 Å². The number of nitrogens with zero attached hydrogens (tertiary/aromatic N) is 2. The van der Waals surface area contributed by atoms with Crippen molar-refractivity contribution in [2.24, 2.45) is 0 Å². The van der Waals surface area contributed by atoms with Crippen molar-refractivity contribution in [2.45, 2.75) is 13.8 Å². The van der Waals surface area contributed by atoms with Crippen LogP contribution in [0.15, 0.2) is 28.7 Å². The Kier molecular flexibility index (Phi) is 7.62. The third-order valence-corrected chi connectivity index (χ3v) is 3.56. The number of hydrogen-bond donors (Lipinski definition) is 0. The zero-order valence-electron chi connectivity index (χ0n) is 12.4. The van der Waals surface area contributed by atoms with E-state index in [2.05, 4.69) is 27.9 Å². The molecule has 112 valence electrons. The Bertz CT molecular complexity index is 401. The predicted molar refractivity (Wildman–Crippen MR) is 85.1 cm³/mol. The summed E-state index contributed by atoms with van der Waals surface area (Å²) in [6.45, 7) is 7.57. The molecule has 2 rings (SSSR count). The molecule has 0 unspecified atom stereocenters. The summed E-state index contributed by atoms with van der Waals surface area (Å²) >= 11 is 3.36. The van der Waals surface area contributed by atoms with Crippen LogP contribution in [0.2, 0.25) is 0 Å². The Balaban J connectivity index is 0.000000956. The number of carbonyl (C=O) groups is 1. The molecule has 1 heterocycles. The lowest BCUT2D eigenvalue weighted by Gasteiger charge is -2.32. The lowest BCUT2D eigenvalue weighted by Crippen LogP contribution is -2.48. The van der Waals surface area contributed by atoms with Gasteiger partial charge in [-0.25, -0.2) is 0 Å². The molecule has 0 spiro atoms. The van der Waals surface area contributed by atoms with Crippen LogP contribution in [-0.4, -0.2) is 55.5 Å². The third kappa shape index (κ3) is 5.51. The molecule has 0 bridgehead atoms. The molecule has 20 heavy (non-hydrogen) atoms. The molecular weight excluding hydrogens is 320 g/mol. The molecule has 0 atom stereocenters. The van der Waals surface area contributed by atoms with Gasteiger partial charge in [0.25, 0.3) is 5.91 Å². The van der Waals surface area contributed by atoms with Crippen LogP contribution < -0.4 is 4.74 Å². The molecule has 4 nitrogen and oxygen atoms in total. The summed E-state index contributed by atoms with van der Waals surface area (Å²) in [5.74, 6) is 0.784. The van der Waals surface area contributed by atoms with Gasteiger partial charge >= 0.3 is 0 Å². The minimum absolute atomic E-state index is 0.0611. The summed E-state index contributed by atoms with van der Waals surface area (Å²) in [7, 11) is 2.07. The van der Waals surface area contributed by atoms with Crippen molar-refractivity contribution in [3.05, 3.63) is 28.7 Å². The number of ether oxygens (including phenoxy) is 1. The van der Waals surface area contributed by atoms with Gasteiger partial charge in [-0.15, -0.1) is 0 Å². The fraction of sp³-hybridized carbons (Fsp3) is 0.533. The average molecular weight is 343 g/mol. The van der Waals surface area contributed by atoms with Gasteiger partial charge in [-0.2, -0.15) is 0 Å². The van der Waals surface area contributed by atoms with Crippen LogP contribution in [0.3, 0.4) is 0 Å². The fourth-order valence-electron chi connectivity index (χ4n) is 1.82. The van der Waals surface area contributed by atoms with Crippen LogP contribution in [0, 0.1) is 0 Å². The number of rotatable bonds is 3. The monoisotopic (exact) mass is 342 g/mol. The minimum atomic E-state index is 0.0611. The Labute approximate surface area is 129 Å².